The van der Waals surface area contributed by atoms with Gasteiger partial charge in [0.15, 0.2) is 0 Å². The lowest BCUT2D eigenvalue weighted by atomic mass is 10.1. The second-order valence-corrected chi connectivity index (χ2v) is 11.4. The van der Waals surface area contributed by atoms with Crippen molar-refractivity contribution in [3.8, 4) is 0 Å². The molecule has 0 spiro atoms. The number of aliphatic carboxylic acids is 7. The fourth-order valence-corrected chi connectivity index (χ4v) is 4.14. The van der Waals surface area contributed by atoms with Crippen LogP contribution in [0.4, 0.5) is 0 Å². The van der Waals surface area contributed by atoms with Crippen molar-refractivity contribution >= 4 is 83.1 Å². The molecule has 0 saturated heterocycles. The number of carboxylic acids is 7. The Morgan fingerprint density at radius 1 is 0.351 bits per heavy atom. The van der Waals surface area contributed by atoms with E-state index in [4.69, 9.17) is 15.3 Å². The third-order valence-electron chi connectivity index (χ3n) is 6.59. The summed E-state index contributed by atoms with van der Waals surface area (Å²) in [4.78, 5) is 168. The molecule has 0 aromatic heterocycles. The van der Waals surface area contributed by atoms with Gasteiger partial charge in [-0.15, -0.1) is 0 Å². The van der Waals surface area contributed by atoms with Crippen LogP contribution in [0.15, 0.2) is 0 Å². The molecule has 0 aliphatic carbocycles. The van der Waals surface area contributed by atoms with Crippen molar-refractivity contribution in [2.75, 3.05) is 6.54 Å². The Bertz CT molecular complexity index is 1630. The van der Waals surface area contributed by atoms with Crippen molar-refractivity contribution < 1.29 is 103 Å². The molecule has 3 unspecified atom stereocenters. The lowest BCUT2D eigenvalue weighted by molar-refractivity contribution is -0.145. The van der Waals surface area contributed by atoms with Gasteiger partial charge in [0.2, 0.25) is 41.4 Å². The molecule has 0 saturated carbocycles. The molecule has 6 atom stereocenters. The Balaban J connectivity index is 6.41. The lowest BCUT2D eigenvalue weighted by Gasteiger charge is -2.26. The summed E-state index contributed by atoms with van der Waals surface area (Å²) in [6.07, 6.45) is -7.57. The number of rotatable bonds is 27. The van der Waals surface area contributed by atoms with Crippen LogP contribution in [0.5, 0.6) is 0 Å². The van der Waals surface area contributed by atoms with Crippen LogP contribution < -0.4 is 42.8 Å². The van der Waals surface area contributed by atoms with E-state index >= 15 is 0 Å². The van der Waals surface area contributed by atoms with Crippen LogP contribution in [0.25, 0.3) is 0 Å². The van der Waals surface area contributed by atoms with E-state index in [1.165, 1.54) is 0 Å². The first-order chi connectivity index (χ1) is 26.3. The van der Waals surface area contributed by atoms with E-state index in [2.05, 4.69) is 0 Å². The molecule has 0 rings (SSSR count). The molecule has 57 heavy (non-hydrogen) atoms. The van der Waals surface area contributed by atoms with Gasteiger partial charge in [0, 0.05) is 6.92 Å². The quantitative estimate of drug-likeness (QED) is 0.0342. The number of hydrazine groups is 1. The van der Waals surface area contributed by atoms with Crippen LogP contribution in [0, 0.1) is 0 Å². The molecule has 0 aromatic rings. The summed E-state index contributed by atoms with van der Waals surface area (Å²) < 4.78 is 0. The molecule has 15 N–H and O–H groups in total. The Kier molecular flexibility index (Phi) is 20.9. The van der Waals surface area contributed by atoms with Gasteiger partial charge in [-0.3, -0.25) is 72.5 Å². The minimum Gasteiger partial charge on any atom is -0.481 e. The summed E-state index contributed by atoms with van der Waals surface area (Å²) in [5.41, 5.74) is 3.93. The van der Waals surface area contributed by atoms with Gasteiger partial charge in [-0.05, 0) is 0 Å². The fourth-order valence-electron chi connectivity index (χ4n) is 4.14. The van der Waals surface area contributed by atoms with E-state index < -0.39 is 164 Å². The largest absolute Gasteiger partial charge is 0.481 e. The monoisotopic (exact) mass is 822 g/mol. The van der Waals surface area contributed by atoms with Crippen molar-refractivity contribution in [1.82, 2.24) is 42.8 Å². The molecule has 0 heterocycles. The third-order valence-corrected chi connectivity index (χ3v) is 6.59. The molecule has 7 amide bonds. The van der Waals surface area contributed by atoms with E-state index in [0.29, 0.717) is 0 Å². The topological polar surface area (TPSA) is 477 Å². The Morgan fingerprint density at radius 3 is 0.807 bits per heavy atom. The summed E-state index contributed by atoms with van der Waals surface area (Å²) in [7, 11) is 0. The second kappa shape index (κ2) is 24.0. The number of amides is 7. The highest BCUT2D eigenvalue weighted by Gasteiger charge is 2.36. The first-order valence-corrected chi connectivity index (χ1v) is 15.7. The molecule has 29 heteroatoms. The van der Waals surface area contributed by atoms with Crippen molar-refractivity contribution in [3.63, 3.8) is 0 Å². The number of carboxylic acid groups (broad SMARTS) is 7. The average Bonchev–Trinajstić information content (AvgIpc) is 3.05. The van der Waals surface area contributed by atoms with E-state index in [0.717, 1.165) is 6.92 Å². The van der Waals surface area contributed by atoms with Crippen LogP contribution in [-0.2, 0) is 67.1 Å². The molecule has 29 nitrogen and oxygen atoms in total. The van der Waals surface area contributed by atoms with Gasteiger partial charge in [-0.2, -0.15) is 0 Å². The zero-order valence-corrected chi connectivity index (χ0v) is 29.3. The van der Waals surface area contributed by atoms with Gasteiger partial charge in [0.05, 0.1) is 38.5 Å². The van der Waals surface area contributed by atoms with Crippen LogP contribution in [0.1, 0.15) is 45.4 Å². The molecule has 0 fully saturated rings. The number of nitrogens with one attached hydrogen (secondary N) is 8. The van der Waals surface area contributed by atoms with Crippen LogP contribution in [0.3, 0.4) is 0 Å². The minimum absolute atomic E-state index is 0.806. The first-order valence-electron chi connectivity index (χ1n) is 15.7. The predicted molar refractivity (Wildman–Crippen MR) is 175 cm³/mol. The van der Waals surface area contributed by atoms with E-state index in [1.54, 1.807) is 26.6 Å². The maximum Gasteiger partial charge on any atom is 0.322 e. The van der Waals surface area contributed by atoms with Crippen LogP contribution in [0.2, 0.25) is 0 Å². The summed E-state index contributed by atoms with van der Waals surface area (Å²) in [5, 5.41) is 74.9. The Hall–Kier alpha value is -7.46. The highest BCUT2D eigenvalue weighted by molar-refractivity contribution is 6.00. The van der Waals surface area contributed by atoms with E-state index in [-0.39, 0.29) is 0 Å². The van der Waals surface area contributed by atoms with Crippen molar-refractivity contribution in [1.29, 1.82) is 0 Å². The molecule has 0 aromatic carbocycles. The molecule has 0 radical (unpaired) electrons. The van der Waals surface area contributed by atoms with Crippen molar-refractivity contribution in [2.24, 2.45) is 0 Å². The fraction of sp³-hybridized carbons (Fsp3) is 0.500. The SMILES string of the molecule is CC(=O)NNC(CC(=O)O)C(=O)N[C@@H](CC(=O)O)C(=O)NC(CC(=O)O)C(=O)N[C@@H](CC(=O)O)C(=O)NC(CC(=O)O)C(=O)N[C@@H](CC(=O)O)C(=O)NCC(=O)O. The summed E-state index contributed by atoms with van der Waals surface area (Å²) in [6, 6.07) is -13.0. The van der Waals surface area contributed by atoms with Crippen LogP contribution >= 0.6 is 0 Å². The summed E-state index contributed by atoms with van der Waals surface area (Å²) in [5.74, 6) is -22.2. The van der Waals surface area contributed by atoms with Gasteiger partial charge in [-0.1, -0.05) is 0 Å². The lowest BCUT2D eigenvalue weighted by Crippen LogP contribution is -2.61. The molecular weight excluding hydrogens is 784 g/mol. The normalized spacial score (nSPS) is 13.6. The Labute approximate surface area is 317 Å². The maximum atomic E-state index is 13.2. The minimum atomic E-state index is -2.33. The summed E-state index contributed by atoms with van der Waals surface area (Å²) >= 11 is 0. The number of hydrogen-bond donors (Lipinski definition) is 15. The maximum absolute atomic E-state index is 13.2. The molecule has 0 aliphatic heterocycles. The second-order valence-electron chi connectivity index (χ2n) is 11.4. The summed E-state index contributed by atoms with van der Waals surface area (Å²) in [6.45, 7) is -0.0811. The predicted octanol–water partition coefficient (Wildman–Crippen LogP) is -7.53. The average molecular weight is 823 g/mol. The van der Waals surface area contributed by atoms with Crippen molar-refractivity contribution in [2.45, 2.75) is 81.7 Å². The van der Waals surface area contributed by atoms with Gasteiger partial charge in [0.25, 0.3) is 0 Å². The van der Waals surface area contributed by atoms with E-state index in [9.17, 15) is 87.5 Å². The van der Waals surface area contributed by atoms with Gasteiger partial charge >= 0.3 is 41.8 Å². The number of hydrogen-bond acceptors (Lipinski definition) is 15. The van der Waals surface area contributed by atoms with Gasteiger partial charge in [-0.25, -0.2) is 5.43 Å². The zero-order chi connectivity index (χ0) is 44.2. The van der Waals surface area contributed by atoms with Gasteiger partial charge < -0.3 is 67.6 Å². The molecule has 0 bridgehead atoms. The number of carbonyl (C=O) groups is 14. The van der Waals surface area contributed by atoms with Gasteiger partial charge in [0.1, 0.15) is 42.8 Å². The smallest absolute Gasteiger partial charge is 0.322 e. The third kappa shape index (κ3) is 21.1. The van der Waals surface area contributed by atoms with Crippen molar-refractivity contribution in [3.05, 3.63) is 0 Å². The standard InChI is InChI=1S/C28H38N8O21/c1-9(37)35-36-15(7-21(48)49)28(57)34-14(6-20(46)47)27(56)33-13(5-19(44)45)26(55)32-12(4-18(42)43)25(54)31-11(3-17(40)41)24(53)30-10(2-16(38)39)23(52)29-8-22(50)51/h10-15,36H,2-8H2,1H3,(H,29,52)(H,30,53)(H,31,54)(H,32,55)(H,33,56)(H,34,57)(H,35,37)(H,38,39)(H,40,41)(H,42,43)(H,44,45)(H,46,47)(H,48,49)(H,50,51)/t10-,11?,12-,13?,14-,15?/m0/s1. The number of carbonyl (C=O) groups excluding carboxylic acids is 7. The highest BCUT2D eigenvalue weighted by Crippen LogP contribution is 2.05. The van der Waals surface area contributed by atoms with Crippen LogP contribution in [-0.4, -0.2) is 162 Å². The molecular formula is C28H38N8O21. The molecule has 0 aliphatic rings. The zero-order valence-electron chi connectivity index (χ0n) is 29.3. The highest BCUT2D eigenvalue weighted by atomic mass is 16.4. The Morgan fingerprint density at radius 2 is 0.579 bits per heavy atom. The molecule has 316 valence electrons. The van der Waals surface area contributed by atoms with E-state index in [1.807, 2.05) is 16.2 Å². The first kappa shape index (κ1) is 49.5.